The summed E-state index contributed by atoms with van der Waals surface area (Å²) >= 11 is 6.72. The summed E-state index contributed by atoms with van der Waals surface area (Å²) in [6.45, 7) is 6.26. The molecule has 0 aliphatic carbocycles. The Morgan fingerprint density at radius 3 is 2.67 bits per heavy atom. The number of hydrogen-bond acceptors (Lipinski definition) is 7. The van der Waals surface area contributed by atoms with Crippen molar-refractivity contribution in [2.45, 2.75) is 45.1 Å². The van der Waals surface area contributed by atoms with Crippen LogP contribution in [0, 0.1) is 0 Å². The largest absolute Gasteiger partial charge is 0.487 e. The highest BCUT2D eigenvalue weighted by molar-refractivity contribution is 8.10. The summed E-state index contributed by atoms with van der Waals surface area (Å²) in [5.74, 6) is 0.740. The van der Waals surface area contributed by atoms with Crippen LogP contribution < -0.4 is 14.8 Å². The minimum atomic E-state index is -2.44. The molecule has 1 amide bonds. The van der Waals surface area contributed by atoms with Crippen LogP contribution in [0.2, 0.25) is 0 Å². The van der Waals surface area contributed by atoms with Gasteiger partial charge in [-0.05, 0) is 45.1 Å². The summed E-state index contributed by atoms with van der Waals surface area (Å²) in [5.41, 5.74) is 1.54. The molecule has 0 aromatic heterocycles. The van der Waals surface area contributed by atoms with Crippen LogP contribution in [0.1, 0.15) is 44.2 Å². The van der Waals surface area contributed by atoms with Crippen molar-refractivity contribution in [1.29, 1.82) is 0 Å². The van der Waals surface area contributed by atoms with Crippen LogP contribution in [0.25, 0.3) is 0 Å². The third kappa shape index (κ3) is 6.34. The molecule has 0 spiro atoms. The molecule has 152 valence electrons. The maximum absolute atomic E-state index is 11.3. The Morgan fingerprint density at radius 2 is 2.07 bits per heavy atom. The molecule has 1 atom stereocenters. The summed E-state index contributed by atoms with van der Waals surface area (Å²) < 4.78 is 20.4. The van der Waals surface area contributed by atoms with Crippen molar-refractivity contribution in [2.75, 3.05) is 19.5 Å². The molecule has 27 heavy (non-hydrogen) atoms. The highest BCUT2D eigenvalue weighted by Crippen LogP contribution is 2.48. The van der Waals surface area contributed by atoms with E-state index in [1.807, 2.05) is 45.9 Å². The van der Waals surface area contributed by atoms with Gasteiger partial charge in [-0.15, -0.1) is 0 Å². The van der Waals surface area contributed by atoms with Crippen molar-refractivity contribution in [2.24, 2.45) is 0 Å². The third-order valence-electron chi connectivity index (χ3n) is 3.77. The topological polar surface area (TPSA) is 89.1 Å². The second kappa shape index (κ2) is 9.58. The van der Waals surface area contributed by atoms with Crippen LogP contribution in [-0.2, 0) is 27.3 Å². The number of fused-ring (bicyclic) bond motifs is 1. The number of hydrogen-bond donors (Lipinski definition) is 3. The molecule has 2 rings (SSSR count). The Hall–Kier alpha value is -0.830. The highest BCUT2D eigenvalue weighted by atomic mass is 32.5. The lowest BCUT2D eigenvalue weighted by Gasteiger charge is -2.24. The molecule has 1 aliphatic heterocycles. The SMILES string of the molecule is CCOP(=S)(CNSC(NC(=O)O)c1cccc2c1OC(C)(C)C2)OCC. The summed E-state index contributed by atoms with van der Waals surface area (Å²) in [6.07, 6.45) is -0.00424. The Bertz CT molecular complexity index is 707. The van der Waals surface area contributed by atoms with E-state index < -0.39 is 18.0 Å². The van der Waals surface area contributed by atoms with Gasteiger partial charge in [0.2, 0.25) is 6.49 Å². The monoisotopic (exact) mass is 434 g/mol. The average molecular weight is 435 g/mol. The van der Waals surface area contributed by atoms with Crippen molar-refractivity contribution in [3.63, 3.8) is 0 Å². The Balaban J connectivity index is 2.15. The van der Waals surface area contributed by atoms with Gasteiger partial charge in [0, 0.05) is 12.0 Å². The number of nitrogens with one attached hydrogen (secondary N) is 2. The average Bonchev–Trinajstić information content (AvgIpc) is 2.87. The summed E-state index contributed by atoms with van der Waals surface area (Å²) in [7, 11) is 0. The van der Waals surface area contributed by atoms with Gasteiger partial charge in [0.25, 0.3) is 0 Å². The zero-order valence-electron chi connectivity index (χ0n) is 16.0. The number of benzene rings is 1. The smallest absolute Gasteiger partial charge is 0.405 e. The first-order valence-corrected chi connectivity index (χ1v) is 12.5. The molecule has 10 heteroatoms. The molecule has 7 nitrogen and oxygen atoms in total. The van der Waals surface area contributed by atoms with E-state index in [4.69, 9.17) is 25.6 Å². The first-order valence-electron chi connectivity index (χ1n) is 8.76. The predicted molar refractivity (Wildman–Crippen MR) is 112 cm³/mol. The van der Waals surface area contributed by atoms with Gasteiger partial charge in [0.1, 0.15) is 16.7 Å². The predicted octanol–water partition coefficient (Wildman–Crippen LogP) is 4.24. The number of rotatable bonds is 10. The normalized spacial score (nSPS) is 16.4. The van der Waals surface area contributed by atoms with Crippen molar-refractivity contribution in [3.05, 3.63) is 29.3 Å². The minimum absolute atomic E-state index is 0.310. The quantitative estimate of drug-likeness (QED) is 0.286. The van der Waals surface area contributed by atoms with E-state index in [1.165, 1.54) is 11.9 Å². The van der Waals surface area contributed by atoms with Crippen molar-refractivity contribution >= 4 is 36.3 Å². The molecule has 1 unspecified atom stereocenters. The van der Waals surface area contributed by atoms with Gasteiger partial charge in [-0.3, -0.25) is 4.72 Å². The zero-order valence-corrected chi connectivity index (χ0v) is 18.5. The van der Waals surface area contributed by atoms with Crippen LogP contribution in [0.4, 0.5) is 4.79 Å². The van der Waals surface area contributed by atoms with E-state index in [2.05, 4.69) is 10.0 Å². The second-order valence-corrected chi connectivity index (χ2v) is 11.3. The molecular formula is C17H27N2O5PS2. The molecule has 0 saturated carbocycles. The minimum Gasteiger partial charge on any atom is -0.487 e. The van der Waals surface area contributed by atoms with E-state index in [9.17, 15) is 9.90 Å². The maximum Gasteiger partial charge on any atom is 0.405 e. The summed E-state index contributed by atoms with van der Waals surface area (Å²) in [5, 5.41) is 11.2. The molecule has 1 aromatic carbocycles. The summed E-state index contributed by atoms with van der Waals surface area (Å²) in [4.78, 5) is 11.3. The third-order valence-corrected chi connectivity index (χ3v) is 7.77. The molecule has 3 N–H and O–H groups in total. The Labute approximate surface area is 169 Å². The fourth-order valence-electron chi connectivity index (χ4n) is 2.85. The first-order chi connectivity index (χ1) is 12.7. The molecule has 0 radical (unpaired) electrons. The van der Waals surface area contributed by atoms with Crippen LogP contribution in [0.3, 0.4) is 0 Å². The maximum atomic E-state index is 11.3. The lowest BCUT2D eigenvalue weighted by Crippen LogP contribution is -2.28. The van der Waals surface area contributed by atoms with Crippen LogP contribution in [0.15, 0.2) is 18.2 Å². The van der Waals surface area contributed by atoms with Gasteiger partial charge in [0.15, 0.2) is 0 Å². The first kappa shape index (κ1) is 22.5. The molecule has 1 heterocycles. The lowest BCUT2D eigenvalue weighted by molar-refractivity contribution is 0.137. The number of amides is 1. The number of ether oxygens (including phenoxy) is 1. The molecule has 0 saturated heterocycles. The van der Waals surface area contributed by atoms with E-state index in [0.29, 0.717) is 19.5 Å². The standard InChI is InChI=1S/C17H27N2O5PS2/c1-5-22-25(26,23-6-2)11-18-27-15(19-16(20)21)13-9-7-8-12-10-17(3,4)24-14(12)13/h7-9,15,18-19H,5-6,10-11H2,1-4H3,(H,20,21). The van der Waals surface area contributed by atoms with Gasteiger partial charge < -0.3 is 24.2 Å². The van der Waals surface area contributed by atoms with Crippen LogP contribution in [0.5, 0.6) is 5.75 Å². The Morgan fingerprint density at radius 1 is 1.41 bits per heavy atom. The zero-order chi connectivity index (χ0) is 20.1. The number of para-hydroxylation sites is 1. The van der Waals surface area contributed by atoms with Crippen molar-refractivity contribution in [3.8, 4) is 5.75 Å². The molecule has 0 bridgehead atoms. The molecular weight excluding hydrogens is 407 g/mol. The second-order valence-electron chi connectivity index (χ2n) is 6.57. The Kier molecular flexibility index (Phi) is 7.97. The fraction of sp³-hybridized carbons (Fsp3) is 0.588. The van der Waals surface area contributed by atoms with Crippen LogP contribution in [-0.4, -0.2) is 36.3 Å². The van der Waals surface area contributed by atoms with E-state index in [1.54, 1.807) is 0 Å². The van der Waals surface area contributed by atoms with Crippen molar-refractivity contribution in [1.82, 2.24) is 10.0 Å². The summed E-state index contributed by atoms with van der Waals surface area (Å²) in [6, 6.07) is 5.80. The molecule has 1 aliphatic rings. The van der Waals surface area contributed by atoms with Gasteiger partial charge in [-0.2, -0.15) is 0 Å². The lowest BCUT2D eigenvalue weighted by atomic mass is 10.0. The highest BCUT2D eigenvalue weighted by Gasteiger charge is 2.34. The van der Waals surface area contributed by atoms with Crippen molar-refractivity contribution < 1.29 is 23.7 Å². The molecule has 0 fully saturated rings. The van der Waals surface area contributed by atoms with E-state index in [0.717, 1.165) is 23.3 Å². The van der Waals surface area contributed by atoms with Crippen LogP contribution >= 0.6 is 18.4 Å². The number of carboxylic acid groups (broad SMARTS) is 1. The van der Waals surface area contributed by atoms with Gasteiger partial charge in [-0.1, -0.05) is 30.1 Å². The van der Waals surface area contributed by atoms with Gasteiger partial charge in [-0.25, -0.2) is 4.79 Å². The molecule has 1 aromatic rings. The van der Waals surface area contributed by atoms with E-state index >= 15 is 0 Å². The van der Waals surface area contributed by atoms with E-state index in [-0.39, 0.29) is 5.60 Å². The van der Waals surface area contributed by atoms with Gasteiger partial charge in [0.05, 0.1) is 19.5 Å². The fourth-order valence-corrected chi connectivity index (χ4v) is 6.57. The van der Waals surface area contributed by atoms with Gasteiger partial charge >= 0.3 is 6.09 Å². The number of carbonyl (C=O) groups is 1.